The topological polar surface area (TPSA) is 69.6 Å². The van der Waals surface area contributed by atoms with Crippen LogP contribution in [0.1, 0.15) is 19.8 Å². The summed E-state index contributed by atoms with van der Waals surface area (Å²) in [6.45, 7) is 6.05. The molecule has 1 heterocycles. The smallest absolute Gasteiger partial charge is 0.313 e. The molecule has 0 aromatic heterocycles. The molecule has 6 heteroatoms. The van der Waals surface area contributed by atoms with Gasteiger partial charge in [-0.3, -0.25) is 9.59 Å². The lowest BCUT2D eigenvalue weighted by molar-refractivity contribution is -0.133. The van der Waals surface area contributed by atoms with Crippen LogP contribution < -0.4 is 5.32 Å². The summed E-state index contributed by atoms with van der Waals surface area (Å²) in [5.41, 5.74) is 0. The zero-order valence-corrected chi connectivity index (χ0v) is 11.7. The van der Waals surface area contributed by atoms with Crippen LogP contribution in [0.3, 0.4) is 0 Å². The Kier molecular flexibility index (Phi) is 7.12. The first-order chi connectivity index (χ1) is 8.58. The van der Waals surface area contributed by atoms with Crippen LogP contribution in [0.2, 0.25) is 0 Å². The number of carbonyl (C=O) groups excluding carboxylic acids is 1. The highest BCUT2D eigenvalue weighted by Gasteiger charge is 2.15. The number of rotatable bonds is 7. The average molecular weight is 274 g/mol. The number of amides is 1. The van der Waals surface area contributed by atoms with E-state index >= 15 is 0 Å². The summed E-state index contributed by atoms with van der Waals surface area (Å²) in [5.74, 6) is 0.0750. The fraction of sp³-hybridized carbons (Fsp3) is 0.833. The van der Waals surface area contributed by atoms with Crippen molar-refractivity contribution in [1.82, 2.24) is 10.2 Å². The van der Waals surface area contributed by atoms with Crippen molar-refractivity contribution in [3.63, 3.8) is 0 Å². The first-order valence-corrected chi connectivity index (χ1v) is 7.52. The largest absolute Gasteiger partial charge is 0.481 e. The molecule has 1 fully saturated rings. The van der Waals surface area contributed by atoms with Gasteiger partial charge in [-0.1, -0.05) is 6.92 Å². The summed E-state index contributed by atoms with van der Waals surface area (Å²) in [5, 5.41) is 11.3. The number of hydrogen-bond acceptors (Lipinski definition) is 4. The molecule has 0 bridgehead atoms. The molecule has 1 aliphatic heterocycles. The van der Waals surface area contributed by atoms with Crippen LogP contribution in [-0.2, 0) is 9.59 Å². The molecule has 0 unspecified atom stereocenters. The molecule has 0 saturated carbocycles. The summed E-state index contributed by atoms with van der Waals surface area (Å²) in [4.78, 5) is 24.0. The molecule has 1 rings (SSSR count). The summed E-state index contributed by atoms with van der Waals surface area (Å²) in [6.07, 6.45) is 2.48. The van der Waals surface area contributed by atoms with E-state index in [1.54, 1.807) is 0 Å². The maximum absolute atomic E-state index is 11.4. The fourth-order valence-corrected chi connectivity index (χ4v) is 2.49. The molecule has 2 N–H and O–H groups in total. The predicted octanol–water partition coefficient (Wildman–Crippen LogP) is 0.652. The average Bonchev–Trinajstić information content (AvgIpc) is 2.31. The molecule has 18 heavy (non-hydrogen) atoms. The number of hydrogen-bond donors (Lipinski definition) is 2. The minimum Gasteiger partial charge on any atom is -0.481 e. The van der Waals surface area contributed by atoms with Crippen molar-refractivity contribution >= 4 is 23.6 Å². The van der Waals surface area contributed by atoms with E-state index in [-0.39, 0.29) is 17.4 Å². The van der Waals surface area contributed by atoms with E-state index in [1.807, 2.05) is 0 Å². The first-order valence-electron chi connectivity index (χ1n) is 6.36. The second-order valence-corrected chi connectivity index (χ2v) is 5.75. The van der Waals surface area contributed by atoms with Gasteiger partial charge in [-0.05, 0) is 31.8 Å². The lowest BCUT2D eigenvalue weighted by Gasteiger charge is -2.30. The number of aliphatic carboxylic acids is 1. The van der Waals surface area contributed by atoms with Crippen molar-refractivity contribution in [2.75, 3.05) is 37.7 Å². The number of carboxylic acid groups (broad SMARTS) is 1. The van der Waals surface area contributed by atoms with E-state index in [4.69, 9.17) is 5.11 Å². The SMILES string of the molecule is CC1CCN(CCNC(=O)CSCC(=O)O)CC1. The summed E-state index contributed by atoms with van der Waals surface area (Å²) in [7, 11) is 0. The number of carboxylic acids is 1. The van der Waals surface area contributed by atoms with Crippen LogP contribution in [0.25, 0.3) is 0 Å². The molecule has 0 atom stereocenters. The van der Waals surface area contributed by atoms with E-state index in [1.165, 1.54) is 12.8 Å². The van der Waals surface area contributed by atoms with Gasteiger partial charge in [0, 0.05) is 13.1 Å². The van der Waals surface area contributed by atoms with Gasteiger partial charge < -0.3 is 15.3 Å². The summed E-state index contributed by atoms with van der Waals surface area (Å²) < 4.78 is 0. The van der Waals surface area contributed by atoms with Crippen molar-refractivity contribution in [3.05, 3.63) is 0 Å². The Morgan fingerprint density at radius 3 is 2.61 bits per heavy atom. The molecular formula is C12H22N2O3S. The molecule has 0 aromatic rings. The normalized spacial score (nSPS) is 17.6. The van der Waals surface area contributed by atoms with E-state index in [0.29, 0.717) is 6.54 Å². The van der Waals surface area contributed by atoms with Gasteiger partial charge in [-0.25, -0.2) is 0 Å². The molecule has 1 saturated heterocycles. The minimum atomic E-state index is -0.879. The van der Waals surface area contributed by atoms with Gasteiger partial charge in [0.05, 0.1) is 11.5 Å². The van der Waals surface area contributed by atoms with E-state index in [9.17, 15) is 9.59 Å². The van der Waals surface area contributed by atoms with Gasteiger partial charge in [-0.15, -0.1) is 11.8 Å². The van der Waals surface area contributed by atoms with Crippen molar-refractivity contribution in [2.24, 2.45) is 5.92 Å². The van der Waals surface area contributed by atoms with Gasteiger partial charge in [0.25, 0.3) is 0 Å². The lowest BCUT2D eigenvalue weighted by Crippen LogP contribution is -2.39. The molecule has 0 radical (unpaired) electrons. The predicted molar refractivity (Wildman–Crippen MR) is 72.8 cm³/mol. The zero-order valence-electron chi connectivity index (χ0n) is 10.9. The third-order valence-electron chi connectivity index (χ3n) is 3.09. The molecule has 0 aliphatic carbocycles. The zero-order chi connectivity index (χ0) is 13.4. The number of nitrogens with one attached hydrogen (secondary N) is 1. The molecule has 5 nitrogen and oxygen atoms in total. The summed E-state index contributed by atoms with van der Waals surface area (Å²) in [6, 6.07) is 0. The van der Waals surface area contributed by atoms with Crippen LogP contribution in [-0.4, -0.2) is 59.6 Å². The van der Waals surface area contributed by atoms with Crippen molar-refractivity contribution < 1.29 is 14.7 Å². The van der Waals surface area contributed by atoms with Gasteiger partial charge in [0.15, 0.2) is 0 Å². The molecule has 1 aliphatic rings. The second kappa shape index (κ2) is 8.37. The van der Waals surface area contributed by atoms with Gasteiger partial charge in [0.2, 0.25) is 5.91 Å². The molecule has 0 spiro atoms. The lowest BCUT2D eigenvalue weighted by atomic mass is 9.99. The maximum atomic E-state index is 11.4. The Hall–Kier alpha value is -0.750. The van der Waals surface area contributed by atoms with Gasteiger partial charge >= 0.3 is 5.97 Å². The number of piperidine rings is 1. The monoisotopic (exact) mass is 274 g/mol. The highest BCUT2D eigenvalue weighted by Crippen LogP contribution is 2.14. The van der Waals surface area contributed by atoms with Gasteiger partial charge in [0.1, 0.15) is 0 Å². The third kappa shape index (κ3) is 6.86. The molecule has 0 aromatic carbocycles. The standard InChI is InChI=1S/C12H22N2O3S/c1-10-2-5-14(6-3-10)7-4-13-11(15)8-18-9-12(16)17/h10H,2-9H2,1H3,(H,13,15)(H,16,17). The second-order valence-electron chi connectivity index (χ2n) is 4.76. The van der Waals surface area contributed by atoms with Crippen LogP contribution in [0.4, 0.5) is 0 Å². The van der Waals surface area contributed by atoms with Crippen molar-refractivity contribution in [3.8, 4) is 0 Å². The molecule has 104 valence electrons. The summed E-state index contributed by atoms with van der Waals surface area (Å²) >= 11 is 1.13. The first kappa shape index (κ1) is 15.3. The van der Waals surface area contributed by atoms with E-state index < -0.39 is 5.97 Å². The maximum Gasteiger partial charge on any atom is 0.313 e. The Bertz CT molecular complexity index is 278. The Morgan fingerprint density at radius 1 is 1.33 bits per heavy atom. The number of carbonyl (C=O) groups is 2. The van der Waals surface area contributed by atoms with Crippen LogP contribution in [0, 0.1) is 5.92 Å². The number of thioether (sulfide) groups is 1. The van der Waals surface area contributed by atoms with Crippen molar-refractivity contribution in [2.45, 2.75) is 19.8 Å². The van der Waals surface area contributed by atoms with Gasteiger partial charge in [-0.2, -0.15) is 0 Å². The Labute approximate surface area is 112 Å². The Balaban J connectivity index is 2.00. The van der Waals surface area contributed by atoms with E-state index in [2.05, 4.69) is 17.1 Å². The number of nitrogens with zero attached hydrogens (tertiary/aromatic N) is 1. The van der Waals surface area contributed by atoms with Crippen LogP contribution in [0.15, 0.2) is 0 Å². The fourth-order valence-electron chi connectivity index (χ4n) is 1.92. The quantitative estimate of drug-likeness (QED) is 0.713. The number of likely N-dealkylation sites (tertiary alicyclic amines) is 1. The Morgan fingerprint density at radius 2 is 2.00 bits per heavy atom. The molecular weight excluding hydrogens is 252 g/mol. The van der Waals surface area contributed by atoms with E-state index in [0.717, 1.165) is 37.3 Å². The van der Waals surface area contributed by atoms with Crippen LogP contribution in [0.5, 0.6) is 0 Å². The van der Waals surface area contributed by atoms with Crippen molar-refractivity contribution in [1.29, 1.82) is 0 Å². The van der Waals surface area contributed by atoms with Crippen LogP contribution >= 0.6 is 11.8 Å². The minimum absolute atomic E-state index is 0.0164. The third-order valence-corrected chi connectivity index (χ3v) is 4.00. The highest BCUT2D eigenvalue weighted by molar-refractivity contribution is 8.00. The highest BCUT2D eigenvalue weighted by atomic mass is 32.2. The molecule has 1 amide bonds.